The third kappa shape index (κ3) is 5.65. The van der Waals surface area contributed by atoms with E-state index >= 15 is 0 Å². The van der Waals surface area contributed by atoms with Crippen LogP contribution < -0.4 is 5.32 Å². The molecule has 0 radical (unpaired) electrons. The van der Waals surface area contributed by atoms with Crippen molar-refractivity contribution in [1.82, 2.24) is 15.4 Å². The van der Waals surface area contributed by atoms with Crippen LogP contribution in [0.25, 0.3) is 0 Å². The van der Waals surface area contributed by atoms with Crippen LogP contribution in [0.3, 0.4) is 0 Å². The minimum absolute atomic E-state index is 0.804. The summed E-state index contributed by atoms with van der Waals surface area (Å²) < 4.78 is 5.39. The lowest BCUT2D eigenvalue weighted by Gasteiger charge is -2.18. The van der Waals surface area contributed by atoms with Crippen LogP contribution >= 0.6 is 0 Å². The van der Waals surface area contributed by atoms with Crippen LogP contribution in [-0.4, -0.2) is 29.7 Å². The Hall–Kier alpha value is -0.870. The monoisotopic (exact) mass is 253 g/mol. The first-order chi connectivity index (χ1) is 8.80. The molecule has 104 valence electrons. The van der Waals surface area contributed by atoms with Crippen LogP contribution in [0.1, 0.15) is 51.5 Å². The maximum absolute atomic E-state index is 5.39. The Morgan fingerprint density at radius 1 is 1.17 bits per heavy atom. The Balaban J connectivity index is 2.40. The van der Waals surface area contributed by atoms with Crippen LogP contribution in [0, 0.1) is 0 Å². The van der Waals surface area contributed by atoms with Gasteiger partial charge in [-0.2, -0.15) is 0 Å². The Labute approximate surface area is 111 Å². The average molecular weight is 253 g/mol. The third-order valence-electron chi connectivity index (χ3n) is 2.80. The summed E-state index contributed by atoms with van der Waals surface area (Å²) in [6.07, 6.45) is 3.50. The second-order valence-corrected chi connectivity index (χ2v) is 4.74. The Bertz CT molecular complexity index is 306. The minimum Gasteiger partial charge on any atom is -0.360 e. The van der Waals surface area contributed by atoms with E-state index in [2.05, 4.69) is 42.2 Å². The van der Waals surface area contributed by atoms with Crippen LogP contribution in [-0.2, 0) is 13.1 Å². The van der Waals surface area contributed by atoms with Gasteiger partial charge in [0.2, 0.25) is 0 Å². The molecule has 18 heavy (non-hydrogen) atoms. The van der Waals surface area contributed by atoms with Gasteiger partial charge in [-0.3, -0.25) is 4.90 Å². The molecule has 1 aromatic heterocycles. The molecule has 0 spiro atoms. The largest absolute Gasteiger partial charge is 0.360 e. The molecule has 4 nitrogen and oxygen atoms in total. The van der Waals surface area contributed by atoms with E-state index in [4.69, 9.17) is 4.52 Å². The van der Waals surface area contributed by atoms with Crippen LogP contribution in [0.15, 0.2) is 10.6 Å². The highest BCUT2D eigenvalue weighted by Gasteiger charge is 2.09. The van der Waals surface area contributed by atoms with Crippen LogP contribution in [0.2, 0.25) is 0 Å². The maximum Gasteiger partial charge on any atom is 0.151 e. The molecule has 0 atom stereocenters. The highest BCUT2D eigenvalue weighted by molar-refractivity contribution is 5.05. The van der Waals surface area contributed by atoms with Gasteiger partial charge in [0.25, 0.3) is 0 Å². The summed E-state index contributed by atoms with van der Waals surface area (Å²) in [5.74, 6) is 0.977. The molecule has 1 rings (SSSR count). The van der Waals surface area contributed by atoms with Crippen LogP contribution in [0.4, 0.5) is 0 Å². The van der Waals surface area contributed by atoms with Gasteiger partial charge in [0.15, 0.2) is 5.76 Å². The zero-order chi connectivity index (χ0) is 13.2. The Morgan fingerprint density at radius 3 is 2.50 bits per heavy atom. The number of rotatable bonds is 10. The average Bonchev–Trinajstić information content (AvgIpc) is 2.78. The first-order valence-electron chi connectivity index (χ1n) is 7.17. The van der Waals surface area contributed by atoms with E-state index in [1.165, 1.54) is 12.8 Å². The molecule has 0 saturated heterocycles. The third-order valence-corrected chi connectivity index (χ3v) is 2.80. The zero-order valence-corrected chi connectivity index (χ0v) is 12.0. The smallest absolute Gasteiger partial charge is 0.151 e. The van der Waals surface area contributed by atoms with E-state index < -0.39 is 0 Å². The lowest BCUT2D eigenvalue weighted by molar-refractivity contribution is 0.231. The molecule has 0 amide bonds. The molecule has 0 bridgehead atoms. The van der Waals surface area contributed by atoms with Gasteiger partial charge >= 0.3 is 0 Å². The lowest BCUT2D eigenvalue weighted by Crippen LogP contribution is -2.24. The first kappa shape index (κ1) is 15.2. The SMILES string of the molecule is CCCNCc1cc(CN(CCC)CCC)on1. The van der Waals surface area contributed by atoms with E-state index in [0.29, 0.717) is 0 Å². The molecule has 1 heterocycles. The van der Waals surface area contributed by atoms with Gasteiger partial charge in [-0.05, 0) is 38.9 Å². The molecular formula is C14H27N3O. The Morgan fingerprint density at radius 2 is 1.89 bits per heavy atom. The van der Waals surface area contributed by atoms with Gasteiger partial charge in [0.05, 0.1) is 12.2 Å². The van der Waals surface area contributed by atoms with Crippen molar-refractivity contribution in [1.29, 1.82) is 0 Å². The highest BCUT2D eigenvalue weighted by Crippen LogP contribution is 2.08. The second-order valence-electron chi connectivity index (χ2n) is 4.74. The van der Waals surface area contributed by atoms with Crippen LogP contribution in [0.5, 0.6) is 0 Å². The molecule has 0 aromatic carbocycles. The number of nitrogens with zero attached hydrogens (tertiary/aromatic N) is 2. The van der Waals surface area contributed by atoms with E-state index in [1.54, 1.807) is 0 Å². The molecule has 0 fully saturated rings. The fraction of sp³-hybridized carbons (Fsp3) is 0.786. The summed E-state index contributed by atoms with van der Waals surface area (Å²) in [6.45, 7) is 11.5. The number of nitrogens with one attached hydrogen (secondary N) is 1. The van der Waals surface area contributed by atoms with Crippen molar-refractivity contribution in [2.45, 2.75) is 53.1 Å². The van der Waals surface area contributed by atoms with Crippen molar-refractivity contribution in [2.75, 3.05) is 19.6 Å². The van der Waals surface area contributed by atoms with E-state index in [9.17, 15) is 0 Å². The Kier molecular flexibility index (Phi) is 7.69. The summed E-state index contributed by atoms with van der Waals surface area (Å²) in [5.41, 5.74) is 1.01. The fourth-order valence-corrected chi connectivity index (χ4v) is 2.03. The quantitative estimate of drug-likeness (QED) is 0.651. The van der Waals surface area contributed by atoms with Crippen molar-refractivity contribution >= 4 is 0 Å². The van der Waals surface area contributed by atoms with E-state index in [1.807, 2.05) is 0 Å². The molecule has 0 saturated carbocycles. The van der Waals surface area contributed by atoms with Gasteiger partial charge in [0, 0.05) is 12.6 Å². The van der Waals surface area contributed by atoms with Gasteiger partial charge in [-0.15, -0.1) is 0 Å². The standard InChI is InChI=1S/C14H27N3O/c1-4-7-15-11-13-10-14(18-16-13)12-17(8-5-2)9-6-3/h10,15H,4-9,11-12H2,1-3H3. The molecule has 0 aliphatic rings. The first-order valence-corrected chi connectivity index (χ1v) is 7.17. The fourth-order valence-electron chi connectivity index (χ4n) is 2.03. The van der Waals surface area contributed by atoms with E-state index in [0.717, 1.165) is 50.6 Å². The summed E-state index contributed by atoms with van der Waals surface area (Å²) in [6, 6.07) is 2.07. The van der Waals surface area contributed by atoms with Gasteiger partial charge in [0.1, 0.15) is 0 Å². The zero-order valence-electron chi connectivity index (χ0n) is 12.0. The highest BCUT2D eigenvalue weighted by atomic mass is 16.5. The van der Waals surface area contributed by atoms with Gasteiger partial charge < -0.3 is 9.84 Å². The van der Waals surface area contributed by atoms with Crippen molar-refractivity contribution < 1.29 is 4.52 Å². The second kappa shape index (κ2) is 9.11. The maximum atomic E-state index is 5.39. The summed E-state index contributed by atoms with van der Waals surface area (Å²) in [7, 11) is 0. The number of hydrogen-bond donors (Lipinski definition) is 1. The predicted molar refractivity (Wildman–Crippen MR) is 74.4 cm³/mol. The predicted octanol–water partition coefficient (Wildman–Crippen LogP) is 2.80. The summed E-state index contributed by atoms with van der Waals surface area (Å²) in [5, 5.41) is 7.43. The topological polar surface area (TPSA) is 41.3 Å². The molecule has 1 N–H and O–H groups in total. The molecule has 4 heteroatoms. The molecule has 1 aromatic rings. The molecule has 0 unspecified atom stereocenters. The van der Waals surface area contributed by atoms with Crippen molar-refractivity contribution in [3.63, 3.8) is 0 Å². The lowest BCUT2D eigenvalue weighted by atomic mass is 10.3. The molecule has 0 aliphatic heterocycles. The summed E-state index contributed by atoms with van der Waals surface area (Å²) in [4.78, 5) is 2.42. The van der Waals surface area contributed by atoms with Crippen molar-refractivity contribution in [3.05, 3.63) is 17.5 Å². The molecular weight excluding hydrogens is 226 g/mol. The number of aromatic nitrogens is 1. The van der Waals surface area contributed by atoms with Gasteiger partial charge in [-0.1, -0.05) is 25.9 Å². The molecule has 0 aliphatic carbocycles. The normalized spacial score (nSPS) is 11.3. The number of hydrogen-bond acceptors (Lipinski definition) is 4. The minimum atomic E-state index is 0.804. The van der Waals surface area contributed by atoms with Crippen molar-refractivity contribution in [3.8, 4) is 0 Å². The summed E-state index contributed by atoms with van der Waals surface area (Å²) >= 11 is 0. The van der Waals surface area contributed by atoms with Gasteiger partial charge in [-0.25, -0.2) is 0 Å². The van der Waals surface area contributed by atoms with Crippen molar-refractivity contribution in [2.24, 2.45) is 0 Å². The van der Waals surface area contributed by atoms with E-state index in [-0.39, 0.29) is 0 Å².